The minimum atomic E-state index is -0.462. The Morgan fingerprint density at radius 1 is 1.26 bits per heavy atom. The Balaban J connectivity index is 1.83. The van der Waals surface area contributed by atoms with E-state index in [0.29, 0.717) is 17.5 Å². The van der Waals surface area contributed by atoms with Gasteiger partial charge < -0.3 is 9.73 Å². The second-order valence-corrected chi connectivity index (χ2v) is 5.59. The maximum absolute atomic E-state index is 10.7. The number of anilines is 1. The molecule has 1 aromatic heterocycles. The Bertz CT molecular complexity index is 740. The van der Waals surface area contributed by atoms with Crippen LogP contribution in [0.25, 0.3) is 11.5 Å². The van der Waals surface area contributed by atoms with Crippen molar-refractivity contribution in [3.05, 3.63) is 40.1 Å². The van der Waals surface area contributed by atoms with E-state index in [0.717, 1.165) is 12.8 Å². The van der Waals surface area contributed by atoms with E-state index in [4.69, 9.17) is 4.42 Å². The number of hydrogen-bond donors (Lipinski definition) is 1. The van der Waals surface area contributed by atoms with Gasteiger partial charge in [-0.1, -0.05) is 19.3 Å². The van der Waals surface area contributed by atoms with Crippen LogP contribution in [0.4, 0.5) is 11.6 Å². The molecule has 0 spiro atoms. The van der Waals surface area contributed by atoms with Crippen molar-refractivity contribution in [1.29, 1.82) is 5.26 Å². The average molecular weight is 312 g/mol. The second kappa shape index (κ2) is 6.48. The number of nitrogens with zero attached hydrogens (tertiary/aromatic N) is 3. The number of nitriles is 1. The lowest BCUT2D eigenvalue weighted by molar-refractivity contribution is -0.384. The van der Waals surface area contributed by atoms with E-state index in [-0.39, 0.29) is 17.3 Å². The van der Waals surface area contributed by atoms with Crippen LogP contribution in [0.5, 0.6) is 0 Å². The van der Waals surface area contributed by atoms with Crippen LogP contribution in [0.15, 0.2) is 28.7 Å². The zero-order chi connectivity index (χ0) is 16.2. The van der Waals surface area contributed by atoms with E-state index < -0.39 is 4.92 Å². The smallest absolute Gasteiger partial charge is 0.269 e. The summed E-state index contributed by atoms with van der Waals surface area (Å²) in [6.45, 7) is 0. The number of oxazole rings is 1. The Kier molecular flexibility index (Phi) is 4.24. The first-order valence-corrected chi connectivity index (χ1v) is 7.59. The molecule has 0 radical (unpaired) electrons. The number of non-ortho nitro benzene ring substituents is 1. The first-order chi connectivity index (χ1) is 11.2. The maximum Gasteiger partial charge on any atom is 0.269 e. The summed E-state index contributed by atoms with van der Waals surface area (Å²) in [5.74, 6) is 0.669. The Hall–Kier alpha value is -2.88. The van der Waals surface area contributed by atoms with Gasteiger partial charge in [0.15, 0.2) is 0 Å². The Morgan fingerprint density at radius 2 is 1.96 bits per heavy atom. The quantitative estimate of drug-likeness (QED) is 0.678. The molecule has 0 saturated heterocycles. The SMILES string of the molecule is N#Cc1nc(-c2ccc([N+](=O)[O-])cc2)oc1NC1CCCCC1. The van der Waals surface area contributed by atoms with Crippen molar-refractivity contribution in [3.63, 3.8) is 0 Å². The van der Waals surface area contributed by atoms with Gasteiger partial charge in [0.1, 0.15) is 6.07 Å². The van der Waals surface area contributed by atoms with E-state index in [9.17, 15) is 15.4 Å². The summed E-state index contributed by atoms with van der Waals surface area (Å²) in [4.78, 5) is 14.4. The van der Waals surface area contributed by atoms with Crippen molar-refractivity contribution in [2.24, 2.45) is 0 Å². The molecule has 2 aromatic rings. The molecule has 1 fully saturated rings. The monoisotopic (exact) mass is 312 g/mol. The molecule has 0 aliphatic heterocycles. The fraction of sp³-hybridized carbons (Fsp3) is 0.375. The molecule has 3 rings (SSSR count). The summed E-state index contributed by atoms with van der Waals surface area (Å²) in [5, 5.41) is 23.2. The molecule has 0 amide bonds. The number of aromatic nitrogens is 1. The summed E-state index contributed by atoms with van der Waals surface area (Å²) in [6, 6.07) is 8.24. The van der Waals surface area contributed by atoms with Gasteiger partial charge in [0.25, 0.3) is 5.69 Å². The van der Waals surface area contributed by atoms with Gasteiger partial charge >= 0.3 is 0 Å². The van der Waals surface area contributed by atoms with Gasteiger partial charge in [0, 0.05) is 23.7 Å². The highest BCUT2D eigenvalue weighted by Gasteiger charge is 2.20. The summed E-state index contributed by atoms with van der Waals surface area (Å²) in [5.41, 5.74) is 0.814. The van der Waals surface area contributed by atoms with Gasteiger partial charge in [-0.3, -0.25) is 10.1 Å². The number of hydrogen-bond acceptors (Lipinski definition) is 6. The van der Waals surface area contributed by atoms with Gasteiger partial charge in [-0.25, -0.2) is 0 Å². The van der Waals surface area contributed by atoms with E-state index >= 15 is 0 Å². The summed E-state index contributed by atoms with van der Waals surface area (Å²) in [7, 11) is 0. The van der Waals surface area contributed by atoms with E-state index in [1.165, 1.54) is 31.4 Å². The normalized spacial score (nSPS) is 15.1. The molecule has 0 bridgehead atoms. The third-order valence-corrected chi connectivity index (χ3v) is 4.00. The predicted molar refractivity (Wildman–Crippen MR) is 83.8 cm³/mol. The van der Waals surface area contributed by atoms with Crippen LogP contribution < -0.4 is 5.32 Å². The van der Waals surface area contributed by atoms with Gasteiger partial charge in [-0.15, -0.1) is 0 Å². The molecule has 118 valence electrons. The lowest BCUT2D eigenvalue weighted by Crippen LogP contribution is -2.22. The summed E-state index contributed by atoms with van der Waals surface area (Å²) < 4.78 is 5.68. The molecule has 0 atom stereocenters. The van der Waals surface area contributed by atoms with Crippen LogP contribution in [0, 0.1) is 21.4 Å². The van der Waals surface area contributed by atoms with Crippen molar-refractivity contribution < 1.29 is 9.34 Å². The van der Waals surface area contributed by atoms with E-state index in [1.54, 1.807) is 12.1 Å². The lowest BCUT2D eigenvalue weighted by Gasteiger charge is -2.22. The van der Waals surface area contributed by atoms with Crippen LogP contribution in [0.2, 0.25) is 0 Å². The van der Waals surface area contributed by atoms with Gasteiger partial charge in [-0.2, -0.15) is 10.2 Å². The molecule has 7 nitrogen and oxygen atoms in total. The molecular weight excluding hydrogens is 296 g/mol. The summed E-state index contributed by atoms with van der Waals surface area (Å²) >= 11 is 0. The fourth-order valence-electron chi connectivity index (χ4n) is 2.78. The Morgan fingerprint density at radius 3 is 2.57 bits per heavy atom. The molecule has 7 heteroatoms. The number of rotatable bonds is 4. The number of nitro groups is 1. The van der Waals surface area contributed by atoms with E-state index in [2.05, 4.69) is 10.3 Å². The van der Waals surface area contributed by atoms with Crippen LogP contribution >= 0.6 is 0 Å². The van der Waals surface area contributed by atoms with Crippen LogP contribution in [0.3, 0.4) is 0 Å². The standard InChI is InChI=1S/C16H16N4O3/c17-10-14-16(18-12-4-2-1-3-5-12)23-15(19-14)11-6-8-13(9-7-11)20(21)22/h6-9,12,18H,1-5H2. The molecule has 1 aromatic carbocycles. The highest BCUT2D eigenvalue weighted by molar-refractivity contribution is 5.60. The third-order valence-electron chi connectivity index (χ3n) is 4.00. The highest BCUT2D eigenvalue weighted by Crippen LogP contribution is 2.29. The number of benzene rings is 1. The van der Waals surface area contributed by atoms with Crippen molar-refractivity contribution in [2.75, 3.05) is 5.32 Å². The second-order valence-electron chi connectivity index (χ2n) is 5.59. The fourth-order valence-corrected chi connectivity index (χ4v) is 2.78. The van der Waals surface area contributed by atoms with E-state index in [1.807, 2.05) is 6.07 Å². The number of nitro benzene ring substituents is 1. The van der Waals surface area contributed by atoms with Crippen LogP contribution in [-0.4, -0.2) is 15.9 Å². The number of nitrogens with one attached hydrogen (secondary N) is 1. The topological polar surface area (TPSA) is 105 Å². The maximum atomic E-state index is 10.7. The third kappa shape index (κ3) is 3.31. The summed E-state index contributed by atoms with van der Waals surface area (Å²) in [6.07, 6.45) is 5.69. The molecule has 0 unspecified atom stereocenters. The molecule has 1 N–H and O–H groups in total. The van der Waals surface area contributed by atoms with Gasteiger partial charge in [0.2, 0.25) is 17.5 Å². The lowest BCUT2D eigenvalue weighted by atomic mass is 9.95. The highest BCUT2D eigenvalue weighted by atomic mass is 16.6. The van der Waals surface area contributed by atoms with Crippen LogP contribution in [-0.2, 0) is 0 Å². The minimum Gasteiger partial charge on any atom is -0.419 e. The zero-order valence-corrected chi connectivity index (χ0v) is 12.5. The minimum absolute atomic E-state index is 0.00127. The first kappa shape index (κ1) is 15.0. The molecule has 1 saturated carbocycles. The predicted octanol–water partition coefficient (Wildman–Crippen LogP) is 3.87. The average Bonchev–Trinajstić information content (AvgIpc) is 2.99. The van der Waals surface area contributed by atoms with Gasteiger partial charge in [0.05, 0.1) is 4.92 Å². The molecule has 23 heavy (non-hydrogen) atoms. The molecule has 1 aliphatic carbocycles. The van der Waals surface area contributed by atoms with Gasteiger partial charge in [-0.05, 0) is 25.0 Å². The van der Waals surface area contributed by atoms with Crippen LogP contribution in [0.1, 0.15) is 37.8 Å². The Labute approximate surface area is 133 Å². The first-order valence-electron chi connectivity index (χ1n) is 7.59. The van der Waals surface area contributed by atoms with Crippen molar-refractivity contribution in [2.45, 2.75) is 38.1 Å². The molecule has 1 aliphatic rings. The van der Waals surface area contributed by atoms with Crippen molar-refractivity contribution in [1.82, 2.24) is 4.98 Å². The largest absolute Gasteiger partial charge is 0.419 e. The zero-order valence-electron chi connectivity index (χ0n) is 12.5. The van der Waals surface area contributed by atoms with Crippen molar-refractivity contribution >= 4 is 11.6 Å². The van der Waals surface area contributed by atoms with Crippen molar-refractivity contribution in [3.8, 4) is 17.5 Å². The molecular formula is C16H16N4O3. The molecule has 1 heterocycles.